The molecule has 0 saturated carbocycles. The van der Waals surface area contributed by atoms with Crippen molar-refractivity contribution in [1.82, 2.24) is 15.6 Å². The molecule has 0 aliphatic heterocycles. The molecule has 18 heavy (non-hydrogen) atoms. The molecular formula is C12H23N5S. The molecule has 6 heteroatoms. The lowest BCUT2D eigenvalue weighted by molar-refractivity contribution is 0.700. The zero-order chi connectivity index (χ0) is 13.5. The highest BCUT2D eigenvalue weighted by atomic mass is 32.1. The van der Waals surface area contributed by atoms with Crippen molar-refractivity contribution in [3.63, 3.8) is 0 Å². The molecule has 0 aromatic carbocycles. The molecular weight excluding hydrogens is 246 g/mol. The first-order chi connectivity index (χ1) is 8.52. The topological polar surface area (TPSA) is 52.6 Å². The zero-order valence-electron chi connectivity index (χ0n) is 11.8. The third-order valence-electron chi connectivity index (χ3n) is 2.09. The third kappa shape index (κ3) is 4.91. The van der Waals surface area contributed by atoms with Crippen molar-refractivity contribution in [2.75, 3.05) is 25.5 Å². The van der Waals surface area contributed by atoms with Crippen molar-refractivity contribution < 1.29 is 0 Å². The Morgan fingerprint density at radius 3 is 2.72 bits per heavy atom. The van der Waals surface area contributed by atoms with Crippen LogP contribution in [0.5, 0.6) is 0 Å². The minimum atomic E-state index is 0.371. The van der Waals surface area contributed by atoms with Gasteiger partial charge in [-0.25, -0.2) is 9.98 Å². The van der Waals surface area contributed by atoms with Crippen molar-refractivity contribution in [2.24, 2.45) is 4.99 Å². The second-order valence-electron chi connectivity index (χ2n) is 4.51. The predicted molar refractivity (Wildman–Crippen MR) is 79.5 cm³/mol. The van der Waals surface area contributed by atoms with Crippen LogP contribution in [0.3, 0.4) is 0 Å². The van der Waals surface area contributed by atoms with Gasteiger partial charge in [0, 0.05) is 32.1 Å². The number of aliphatic imine (C=N–C) groups is 1. The fraction of sp³-hybridized carbons (Fsp3) is 0.667. The number of nitrogens with one attached hydrogen (secondary N) is 2. The van der Waals surface area contributed by atoms with Crippen molar-refractivity contribution >= 4 is 22.4 Å². The fourth-order valence-electron chi connectivity index (χ4n) is 1.33. The van der Waals surface area contributed by atoms with Crippen LogP contribution < -0.4 is 15.5 Å². The molecule has 102 valence electrons. The normalized spacial score (nSPS) is 11.8. The number of aromatic nitrogens is 1. The molecule has 0 atom stereocenters. The standard InChI is InChI=1S/C12H23N5S/c1-6-13-11(15-9(2)3)14-7-10-8-18-12(16-10)17(4)5/h8-9H,6-7H2,1-5H3,(H2,13,14,15). The Labute approximate surface area is 113 Å². The molecule has 0 spiro atoms. The van der Waals surface area contributed by atoms with E-state index in [0.29, 0.717) is 12.6 Å². The van der Waals surface area contributed by atoms with E-state index in [1.54, 1.807) is 11.3 Å². The number of guanidine groups is 1. The number of hydrogen-bond donors (Lipinski definition) is 2. The summed E-state index contributed by atoms with van der Waals surface area (Å²) < 4.78 is 0. The first kappa shape index (κ1) is 14.8. The Kier molecular flexibility index (Phi) is 5.91. The first-order valence-corrected chi connectivity index (χ1v) is 7.07. The summed E-state index contributed by atoms with van der Waals surface area (Å²) in [6.07, 6.45) is 0. The maximum Gasteiger partial charge on any atom is 0.191 e. The summed E-state index contributed by atoms with van der Waals surface area (Å²) in [5, 5.41) is 9.57. The van der Waals surface area contributed by atoms with Gasteiger partial charge in [-0.1, -0.05) is 0 Å². The molecule has 0 aliphatic carbocycles. The van der Waals surface area contributed by atoms with Crippen LogP contribution in [0.2, 0.25) is 0 Å². The number of rotatable bonds is 5. The average molecular weight is 269 g/mol. The van der Waals surface area contributed by atoms with E-state index in [0.717, 1.165) is 23.3 Å². The minimum absolute atomic E-state index is 0.371. The van der Waals surface area contributed by atoms with Gasteiger partial charge < -0.3 is 15.5 Å². The maximum absolute atomic E-state index is 4.52. The highest BCUT2D eigenvalue weighted by molar-refractivity contribution is 7.13. The number of thiazole rings is 1. The number of nitrogens with zero attached hydrogens (tertiary/aromatic N) is 3. The van der Waals surface area contributed by atoms with E-state index in [1.807, 2.05) is 19.0 Å². The van der Waals surface area contributed by atoms with Crippen LogP contribution in [-0.4, -0.2) is 37.6 Å². The molecule has 0 unspecified atom stereocenters. The smallest absolute Gasteiger partial charge is 0.191 e. The summed E-state index contributed by atoms with van der Waals surface area (Å²) in [4.78, 5) is 11.0. The maximum atomic E-state index is 4.52. The van der Waals surface area contributed by atoms with Crippen LogP contribution in [0.25, 0.3) is 0 Å². The molecule has 0 fully saturated rings. The van der Waals surface area contributed by atoms with Crippen molar-refractivity contribution in [3.8, 4) is 0 Å². The summed E-state index contributed by atoms with van der Waals surface area (Å²) in [6.45, 7) is 7.72. The Bertz CT molecular complexity index is 384. The largest absolute Gasteiger partial charge is 0.357 e. The lowest BCUT2D eigenvalue weighted by Gasteiger charge is -2.13. The zero-order valence-corrected chi connectivity index (χ0v) is 12.6. The molecule has 0 radical (unpaired) electrons. The van der Waals surface area contributed by atoms with Crippen LogP contribution in [0.4, 0.5) is 5.13 Å². The molecule has 1 rings (SSSR count). The summed E-state index contributed by atoms with van der Waals surface area (Å²) in [5.74, 6) is 0.840. The Balaban J connectivity index is 2.62. The molecule has 0 amide bonds. The van der Waals surface area contributed by atoms with Crippen LogP contribution in [0.1, 0.15) is 26.5 Å². The lowest BCUT2D eigenvalue weighted by Crippen LogP contribution is -2.41. The summed E-state index contributed by atoms with van der Waals surface area (Å²) >= 11 is 1.64. The van der Waals surface area contributed by atoms with Crippen LogP contribution in [0, 0.1) is 0 Å². The second-order valence-corrected chi connectivity index (χ2v) is 5.35. The number of hydrogen-bond acceptors (Lipinski definition) is 4. The third-order valence-corrected chi connectivity index (χ3v) is 3.15. The van der Waals surface area contributed by atoms with Gasteiger partial charge in [0.25, 0.3) is 0 Å². The van der Waals surface area contributed by atoms with Crippen LogP contribution in [0.15, 0.2) is 10.4 Å². The Morgan fingerprint density at radius 1 is 1.50 bits per heavy atom. The van der Waals surface area contributed by atoms with E-state index < -0.39 is 0 Å². The van der Waals surface area contributed by atoms with Gasteiger partial charge in [0.05, 0.1) is 12.2 Å². The highest BCUT2D eigenvalue weighted by Crippen LogP contribution is 2.18. The van der Waals surface area contributed by atoms with Crippen molar-refractivity contribution in [3.05, 3.63) is 11.1 Å². The van der Waals surface area contributed by atoms with E-state index in [9.17, 15) is 0 Å². The van der Waals surface area contributed by atoms with Crippen molar-refractivity contribution in [2.45, 2.75) is 33.4 Å². The SMILES string of the molecule is CCNC(=NCc1csc(N(C)C)n1)NC(C)C. The average Bonchev–Trinajstić information content (AvgIpc) is 2.74. The van der Waals surface area contributed by atoms with Gasteiger partial charge in [-0.15, -0.1) is 11.3 Å². The van der Waals surface area contributed by atoms with Crippen LogP contribution >= 0.6 is 11.3 Å². The van der Waals surface area contributed by atoms with Gasteiger partial charge in [0.15, 0.2) is 11.1 Å². The molecule has 2 N–H and O–H groups in total. The minimum Gasteiger partial charge on any atom is -0.357 e. The Hall–Kier alpha value is -1.30. The van der Waals surface area contributed by atoms with E-state index in [4.69, 9.17) is 0 Å². The fourth-order valence-corrected chi connectivity index (χ4v) is 2.08. The van der Waals surface area contributed by atoms with Gasteiger partial charge in [-0.05, 0) is 20.8 Å². The molecule has 1 aromatic heterocycles. The molecule has 0 bridgehead atoms. The van der Waals surface area contributed by atoms with Gasteiger partial charge in [-0.3, -0.25) is 0 Å². The van der Waals surface area contributed by atoms with Gasteiger partial charge in [0.1, 0.15) is 0 Å². The van der Waals surface area contributed by atoms with Gasteiger partial charge in [0.2, 0.25) is 0 Å². The van der Waals surface area contributed by atoms with E-state index >= 15 is 0 Å². The molecule has 0 aliphatic rings. The first-order valence-electron chi connectivity index (χ1n) is 6.19. The summed E-state index contributed by atoms with van der Waals surface area (Å²) in [5.41, 5.74) is 1.00. The predicted octanol–water partition coefficient (Wildman–Crippen LogP) is 1.67. The Morgan fingerprint density at radius 2 is 2.22 bits per heavy atom. The van der Waals surface area contributed by atoms with Crippen LogP contribution in [-0.2, 0) is 6.54 Å². The van der Waals surface area contributed by atoms with E-state index in [1.165, 1.54) is 0 Å². The monoisotopic (exact) mass is 269 g/mol. The molecule has 0 saturated heterocycles. The van der Waals surface area contributed by atoms with Gasteiger partial charge in [-0.2, -0.15) is 0 Å². The van der Waals surface area contributed by atoms with Crippen molar-refractivity contribution in [1.29, 1.82) is 0 Å². The highest BCUT2D eigenvalue weighted by Gasteiger charge is 2.04. The summed E-state index contributed by atoms with van der Waals surface area (Å²) in [7, 11) is 3.99. The molecule has 5 nitrogen and oxygen atoms in total. The summed E-state index contributed by atoms with van der Waals surface area (Å²) in [6, 6.07) is 0.371. The molecule has 1 aromatic rings. The number of anilines is 1. The second kappa shape index (κ2) is 7.20. The quantitative estimate of drug-likeness (QED) is 0.631. The van der Waals surface area contributed by atoms with E-state index in [-0.39, 0.29) is 0 Å². The van der Waals surface area contributed by atoms with Gasteiger partial charge >= 0.3 is 0 Å². The molecule has 1 heterocycles. The van der Waals surface area contributed by atoms with E-state index in [2.05, 4.69) is 46.8 Å². The lowest BCUT2D eigenvalue weighted by atomic mass is 10.4.